The van der Waals surface area contributed by atoms with Crippen LogP contribution in [0, 0.1) is 10.1 Å². The van der Waals surface area contributed by atoms with Crippen molar-refractivity contribution in [3.05, 3.63) is 87.5 Å². The van der Waals surface area contributed by atoms with Crippen molar-refractivity contribution in [1.82, 2.24) is 10.2 Å². The zero-order valence-electron chi connectivity index (χ0n) is 25.9. The van der Waals surface area contributed by atoms with E-state index in [1.165, 1.54) is 38.5 Å². The lowest BCUT2D eigenvalue weighted by molar-refractivity contribution is -0.384. The van der Waals surface area contributed by atoms with E-state index in [2.05, 4.69) is 10.6 Å². The molecule has 0 atom stereocenters. The fourth-order valence-corrected chi connectivity index (χ4v) is 5.82. The van der Waals surface area contributed by atoms with E-state index in [1.807, 2.05) is 4.90 Å². The molecule has 2 fully saturated rings. The Morgan fingerprint density at radius 3 is 2.07 bits per heavy atom. The standard InChI is InChI=1S/C33H38N6O7/c1-45-29-14-6-23(20-30(29)46-2)33(42)38-17-15-37(16-18-38)28-13-5-22(32(41)35-25-9-7-24(34)8-10-25)19-27(28)36-31(40)21-3-11-26(12-4-21)39(43)44/h3-6,11-14,19-20,24-25H,7-10,15-18,34H2,1-2H3,(H,35,41)(H,36,40). The summed E-state index contributed by atoms with van der Waals surface area (Å²) in [6.45, 7) is 1.81. The van der Waals surface area contributed by atoms with Crippen molar-refractivity contribution < 1.29 is 28.8 Å². The Balaban J connectivity index is 1.34. The van der Waals surface area contributed by atoms with Gasteiger partial charge >= 0.3 is 0 Å². The molecule has 0 unspecified atom stereocenters. The highest BCUT2D eigenvalue weighted by atomic mass is 16.6. The van der Waals surface area contributed by atoms with E-state index in [-0.39, 0.29) is 35.1 Å². The average molecular weight is 631 g/mol. The largest absolute Gasteiger partial charge is 0.493 e. The van der Waals surface area contributed by atoms with Crippen LogP contribution >= 0.6 is 0 Å². The number of ether oxygens (including phenoxy) is 2. The fraction of sp³-hybridized carbons (Fsp3) is 0.364. The van der Waals surface area contributed by atoms with Gasteiger partial charge in [0.05, 0.1) is 30.5 Å². The Morgan fingerprint density at radius 1 is 0.804 bits per heavy atom. The molecule has 0 aromatic heterocycles. The molecule has 2 aliphatic rings. The van der Waals surface area contributed by atoms with Gasteiger partial charge in [0.15, 0.2) is 11.5 Å². The summed E-state index contributed by atoms with van der Waals surface area (Å²) in [5.74, 6) is 0.146. The van der Waals surface area contributed by atoms with E-state index >= 15 is 0 Å². The van der Waals surface area contributed by atoms with Crippen LogP contribution in [0.3, 0.4) is 0 Å². The second kappa shape index (κ2) is 14.3. The summed E-state index contributed by atoms with van der Waals surface area (Å²) >= 11 is 0. The van der Waals surface area contributed by atoms with Crippen molar-refractivity contribution in [3.63, 3.8) is 0 Å². The zero-order valence-corrected chi connectivity index (χ0v) is 25.9. The van der Waals surface area contributed by atoms with E-state index in [9.17, 15) is 24.5 Å². The van der Waals surface area contributed by atoms with E-state index in [0.29, 0.717) is 60.2 Å². The van der Waals surface area contributed by atoms with Crippen LogP contribution in [0.4, 0.5) is 17.1 Å². The molecule has 1 saturated heterocycles. The van der Waals surface area contributed by atoms with Crippen LogP contribution in [0.15, 0.2) is 60.7 Å². The van der Waals surface area contributed by atoms with Crippen LogP contribution in [0.2, 0.25) is 0 Å². The Hall–Kier alpha value is -5.17. The maximum atomic E-state index is 13.3. The topological polar surface area (TPSA) is 169 Å². The first kappa shape index (κ1) is 32.2. The van der Waals surface area contributed by atoms with Crippen LogP contribution in [-0.4, -0.2) is 80.0 Å². The lowest BCUT2D eigenvalue weighted by Gasteiger charge is -2.37. The van der Waals surface area contributed by atoms with E-state index in [4.69, 9.17) is 15.2 Å². The van der Waals surface area contributed by atoms with Gasteiger partial charge in [-0.15, -0.1) is 0 Å². The molecule has 3 amide bonds. The molecular formula is C33H38N6O7. The summed E-state index contributed by atoms with van der Waals surface area (Å²) < 4.78 is 10.6. The van der Waals surface area contributed by atoms with E-state index in [0.717, 1.165) is 25.7 Å². The maximum Gasteiger partial charge on any atom is 0.269 e. The van der Waals surface area contributed by atoms with Gasteiger partial charge in [-0.25, -0.2) is 0 Å². The van der Waals surface area contributed by atoms with Crippen LogP contribution in [0.1, 0.15) is 56.8 Å². The van der Waals surface area contributed by atoms with Gasteiger partial charge in [-0.3, -0.25) is 24.5 Å². The van der Waals surface area contributed by atoms with Crippen molar-refractivity contribution in [2.75, 3.05) is 50.6 Å². The number of benzene rings is 3. The third-order valence-electron chi connectivity index (χ3n) is 8.49. The minimum absolute atomic E-state index is 0.0291. The third kappa shape index (κ3) is 7.37. The number of nitro benzene ring substituents is 1. The highest BCUT2D eigenvalue weighted by molar-refractivity contribution is 6.07. The second-order valence-electron chi connectivity index (χ2n) is 11.4. The quantitative estimate of drug-likeness (QED) is 0.235. The molecule has 3 aromatic carbocycles. The SMILES string of the molecule is COc1ccc(C(=O)N2CCN(c3ccc(C(=O)NC4CCC(N)CC4)cc3NC(=O)c3ccc([N+](=O)[O-])cc3)CC2)cc1OC. The predicted molar refractivity (Wildman–Crippen MR) is 173 cm³/mol. The highest BCUT2D eigenvalue weighted by Gasteiger charge is 2.26. The molecule has 1 heterocycles. The number of hydrogen-bond acceptors (Lipinski definition) is 9. The highest BCUT2D eigenvalue weighted by Crippen LogP contribution is 2.31. The second-order valence-corrected chi connectivity index (χ2v) is 11.4. The summed E-state index contributed by atoms with van der Waals surface area (Å²) in [5.41, 5.74) is 8.10. The number of nitrogens with zero attached hydrogens (tertiary/aromatic N) is 3. The molecule has 13 nitrogen and oxygen atoms in total. The van der Waals surface area contributed by atoms with Gasteiger partial charge in [0.25, 0.3) is 23.4 Å². The number of carbonyl (C=O) groups excluding carboxylic acids is 3. The van der Waals surface area contributed by atoms with Crippen LogP contribution in [0.5, 0.6) is 11.5 Å². The van der Waals surface area contributed by atoms with Gasteiger partial charge in [0, 0.05) is 67.1 Å². The van der Waals surface area contributed by atoms with Gasteiger partial charge < -0.3 is 35.6 Å². The van der Waals surface area contributed by atoms with Gasteiger partial charge in [-0.1, -0.05) is 0 Å². The van der Waals surface area contributed by atoms with Crippen LogP contribution < -0.4 is 30.7 Å². The minimum atomic E-state index is -0.530. The minimum Gasteiger partial charge on any atom is -0.493 e. The van der Waals surface area contributed by atoms with Crippen molar-refractivity contribution >= 4 is 34.8 Å². The molecule has 13 heteroatoms. The molecule has 4 N–H and O–H groups in total. The lowest BCUT2D eigenvalue weighted by Crippen LogP contribution is -2.49. The molecule has 1 saturated carbocycles. The van der Waals surface area contributed by atoms with E-state index in [1.54, 1.807) is 41.3 Å². The number of amides is 3. The van der Waals surface area contributed by atoms with Crippen molar-refractivity contribution in [1.29, 1.82) is 0 Å². The maximum absolute atomic E-state index is 13.3. The molecule has 0 bridgehead atoms. The van der Waals surface area contributed by atoms with Crippen molar-refractivity contribution in [3.8, 4) is 11.5 Å². The number of methoxy groups -OCH3 is 2. The summed E-state index contributed by atoms with van der Waals surface area (Å²) in [6.07, 6.45) is 3.31. The van der Waals surface area contributed by atoms with Gasteiger partial charge in [-0.05, 0) is 74.2 Å². The van der Waals surface area contributed by atoms with E-state index < -0.39 is 10.8 Å². The molecule has 0 spiro atoms. The van der Waals surface area contributed by atoms with Crippen molar-refractivity contribution in [2.24, 2.45) is 5.73 Å². The molecule has 5 rings (SSSR count). The third-order valence-corrected chi connectivity index (χ3v) is 8.49. The fourth-order valence-electron chi connectivity index (χ4n) is 5.82. The summed E-state index contributed by atoms with van der Waals surface area (Å²) in [7, 11) is 3.05. The number of piperazine rings is 1. The molecular weight excluding hydrogens is 592 g/mol. The number of rotatable bonds is 9. The van der Waals surface area contributed by atoms with Crippen LogP contribution in [-0.2, 0) is 0 Å². The smallest absolute Gasteiger partial charge is 0.269 e. The number of nitrogens with two attached hydrogens (primary N) is 1. The summed E-state index contributed by atoms with van der Waals surface area (Å²) in [6, 6.07) is 15.7. The zero-order chi connectivity index (χ0) is 32.8. The van der Waals surface area contributed by atoms with Crippen LogP contribution in [0.25, 0.3) is 0 Å². The molecule has 1 aliphatic carbocycles. The lowest BCUT2D eigenvalue weighted by atomic mass is 9.91. The summed E-state index contributed by atoms with van der Waals surface area (Å²) in [5, 5.41) is 17.1. The predicted octanol–water partition coefficient (Wildman–Crippen LogP) is 3.83. The first-order valence-corrected chi connectivity index (χ1v) is 15.2. The summed E-state index contributed by atoms with van der Waals surface area (Å²) in [4.78, 5) is 54.2. The molecule has 1 aliphatic heterocycles. The number of nitrogens with one attached hydrogen (secondary N) is 2. The Labute approximate surface area is 266 Å². The number of anilines is 2. The van der Waals surface area contributed by atoms with Gasteiger partial charge in [0.1, 0.15) is 0 Å². The average Bonchev–Trinajstić information content (AvgIpc) is 3.08. The molecule has 242 valence electrons. The first-order valence-electron chi connectivity index (χ1n) is 15.2. The Kier molecular flexibility index (Phi) is 10.0. The first-order chi connectivity index (χ1) is 22.2. The number of carbonyl (C=O) groups is 3. The molecule has 3 aromatic rings. The molecule has 0 radical (unpaired) electrons. The van der Waals surface area contributed by atoms with Crippen molar-refractivity contribution in [2.45, 2.75) is 37.8 Å². The van der Waals surface area contributed by atoms with Gasteiger partial charge in [-0.2, -0.15) is 0 Å². The number of non-ortho nitro benzene ring substituents is 1. The molecule has 46 heavy (non-hydrogen) atoms. The monoisotopic (exact) mass is 630 g/mol. The number of nitro groups is 1. The normalized spacial score (nSPS) is 18.0. The Morgan fingerprint density at radius 2 is 1.43 bits per heavy atom. The van der Waals surface area contributed by atoms with Gasteiger partial charge in [0.2, 0.25) is 0 Å². The Bertz CT molecular complexity index is 1600. The number of hydrogen-bond donors (Lipinski definition) is 3.